The van der Waals surface area contributed by atoms with Crippen LogP contribution in [0.3, 0.4) is 0 Å². The third-order valence-electron chi connectivity index (χ3n) is 2.47. The lowest BCUT2D eigenvalue weighted by molar-refractivity contribution is 0.122. The molecule has 116 valence electrons. The smallest absolute Gasteiger partial charge is 0.274 e. The zero-order valence-corrected chi connectivity index (χ0v) is 13.0. The fourth-order valence-electron chi connectivity index (χ4n) is 1.44. The van der Waals surface area contributed by atoms with Gasteiger partial charge in [0, 0.05) is 13.1 Å². The Morgan fingerprint density at radius 3 is 2.70 bits per heavy atom. The van der Waals surface area contributed by atoms with Gasteiger partial charge in [0.2, 0.25) is 5.09 Å². The maximum Gasteiger partial charge on any atom is 0.274 e. The Morgan fingerprint density at radius 2 is 2.05 bits per heavy atom. The molecule has 0 aliphatic rings. The molecule has 1 aromatic rings. The van der Waals surface area contributed by atoms with Gasteiger partial charge in [0.05, 0.1) is 19.8 Å². The van der Waals surface area contributed by atoms with E-state index in [1.165, 1.54) is 6.07 Å². The van der Waals surface area contributed by atoms with Crippen molar-refractivity contribution in [3.8, 4) is 0 Å². The minimum atomic E-state index is -3.60. The number of ether oxygens (including phenoxy) is 1. The van der Waals surface area contributed by atoms with Gasteiger partial charge < -0.3 is 19.4 Å². The van der Waals surface area contributed by atoms with Crippen LogP contribution in [0.1, 0.15) is 5.76 Å². The summed E-state index contributed by atoms with van der Waals surface area (Å²) in [6, 6.07) is 3.08. The molecule has 0 fully saturated rings. The second kappa shape index (κ2) is 8.38. The molecule has 0 aromatic carbocycles. The third-order valence-corrected chi connectivity index (χ3v) is 3.81. The van der Waals surface area contributed by atoms with E-state index in [4.69, 9.17) is 9.15 Å². The predicted molar refractivity (Wildman–Crippen MR) is 76.0 cm³/mol. The lowest BCUT2D eigenvalue weighted by Crippen LogP contribution is -2.28. The standard InChI is InChI=1S/C12H23N3O4S/c1-13-10-11-4-5-12(19-11)20(16,17)14-6-8-18-9-7-15(2)3/h4-5,13-14H,6-10H2,1-3H3. The van der Waals surface area contributed by atoms with Crippen molar-refractivity contribution in [1.29, 1.82) is 0 Å². The number of nitrogens with one attached hydrogen (secondary N) is 2. The van der Waals surface area contributed by atoms with Crippen LogP contribution >= 0.6 is 0 Å². The van der Waals surface area contributed by atoms with Crippen LogP contribution in [-0.4, -0.2) is 60.8 Å². The summed E-state index contributed by atoms with van der Waals surface area (Å²) in [4.78, 5) is 2.00. The first-order valence-electron chi connectivity index (χ1n) is 6.41. The summed E-state index contributed by atoms with van der Waals surface area (Å²) >= 11 is 0. The highest BCUT2D eigenvalue weighted by atomic mass is 32.2. The van der Waals surface area contributed by atoms with Crippen LogP contribution in [0.15, 0.2) is 21.6 Å². The van der Waals surface area contributed by atoms with Crippen molar-refractivity contribution in [1.82, 2.24) is 14.9 Å². The van der Waals surface area contributed by atoms with Gasteiger partial charge in [-0.15, -0.1) is 0 Å². The van der Waals surface area contributed by atoms with Crippen LogP contribution in [0.5, 0.6) is 0 Å². The number of likely N-dealkylation sites (N-methyl/N-ethyl adjacent to an activating group) is 1. The number of nitrogens with zero attached hydrogens (tertiary/aromatic N) is 1. The first-order valence-corrected chi connectivity index (χ1v) is 7.89. The number of furan rings is 1. The molecular weight excluding hydrogens is 282 g/mol. The number of rotatable bonds is 10. The Bertz CT molecular complexity index is 485. The van der Waals surface area contributed by atoms with Gasteiger partial charge in [0.1, 0.15) is 5.76 Å². The summed E-state index contributed by atoms with van der Waals surface area (Å²) in [5.74, 6) is 0.579. The van der Waals surface area contributed by atoms with E-state index >= 15 is 0 Å². The molecule has 2 N–H and O–H groups in total. The van der Waals surface area contributed by atoms with E-state index in [-0.39, 0.29) is 11.6 Å². The normalized spacial score (nSPS) is 12.2. The quantitative estimate of drug-likeness (QED) is 0.585. The van der Waals surface area contributed by atoms with Crippen LogP contribution in [-0.2, 0) is 21.3 Å². The summed E-state index contributed by atoms with van der Waals surface area (Å²) in [6.45, 7) is 2.41. The second-order valence-corrected chi connectivity index (χ2v) is 6.26. The topological polar surface area (TPSA) is 83.8 Å². The first-order chi connectivity index (χ1) is 9.45. The molecule has 0 aliphatic carbocycles. The zero-order chi connectivity index (χ0) is 15.0. The van der Waals surface area contributed by atoms with Crippen LogP contribution in [0.2, 0.25) is 0 Å². The minimum absolute atomic E-state index is 0.0731. The maximum atomic E-state index is 11.9. The van der Waals surface area contributed by atoms with Crippen molar-refractivity contribution < 1.29 is 17.6 Å². The molecule has 0 aliphatic heterocycles. The maximum absolute atomic E-state index is 11.9. The number of hydrogen-bond acceptors (Lipinski definition) is 6. The molecule has 0 saturated carbocycles. The molecule has 20 heavy (non-hydrogen) atoms. The second-order valence-electron chi connectivity index (χ2n) is 4.56. The Balaban J connectivity index is 2.33. The number of sulfonamides is 1. The number of hydrogen-bond donors (Lipinski definition) is 2. The third kappa shape index (κ3) is 6.02. The van der Waals surface area contributed by atoms with Gasteiger partial charge in [-0.1, -0.05) is 0 Å². The van der Waals surface area contributed by atoms with Gasteiger partial charge in [-0.3, -0.25) is 0 Å². The van der Waals surface area contributed by atoms with E-state index in [0.29, 0.717) is 25.5 Å². The first kappa shape index (κ1) is 17.1. The average molecular weight is 305 g/mol. The molecule has 1 heterocycles. The van der Waals surface area contributed by atoms with Crippen molar-refractivity contribution in [2.45, 2.75) is 11.6 Å². The monoisotopic (exact) mass is 305 g/mol. The van der Waals surface area contributed by atoms with Crippen LogP contribution in [0, 0.1) is 0 Å². The molecule has 0 radical (unpaired) electrons. The highest BCUT2D eigenvalue weighted by Gasteiger charge is 2.17. The van der Waals surface area contributed by atoms with E-state index in [1.54, 1.807) is 13.1 Å². The Hall–Kier alpha value is -0.930. The molecule has 0 amide bonds. The summed E-state index contributed by atoms with van der Waals surface area (Å²) in [5.41, 5.74) is 0. The fourth-order valence-corrected chi connectivity index (χ4v) is 2.40. The zero-order valence-electron chi connectivity index (χ0n) is 12.2. The molecule has 7 nitrogen and oxygen atoms in total. The lowest BCUT2D eigenvalue weighted by Gasteiger charge is -2.10. The van der Waals surface area contributed by atoms with Crippen molar-refractivity contribution in [2.75, 3.05) is 47.4 Å². The van der Waals surface area contributed by atoms with Crippen molar-refractivity contribution >= 4 is 10.0 Å². The Morgan fingerprint density at radius 1 is 1.30 bits per heavy atom. The summed E-state index contributed by atoms with van der Waals surface area (Å²) in [6.07, 6.45) is 0. The molecular formula is C12H23N3O4S. The van der Waals surface area contributed by atoms with Gasteiger partial charge in [-0.05, 0) is 33.3 Å². The van der Waals surface area contributed by atoms with Crippen molar-refractivity contribution in [2.24, 2.45) is 0 Å². The largest absolute Gasteiger partial charge is 0.447 e. The highest BCUT2D eigenvalue weighted by Crippen LogP contribution is 2.13. The average Bonchev–Trinajstić information content (AvgIpc) is 2.83. The van der Waals surface area contributed by atoms with E-state index in [0.717, 1.165) is 6.54 Å². The molecule has 0 unspecified atom stereocenters. The van der Waals surface area contributed by atoms with E-state index in [9.17, 15) is 8.42 Å². The van der Waals surface area contributed by atoms with E-state index in [1.807, 2.05) is 19.0 Å². The van der Waals surface area contributed by atoms with Gasteiger partial charge in [-0.25, -0.2) is 13.1 Å². The van der Waals surface area contributed by atoms with Crippen LogP contribution < -0.4 is 10.0 Å². The molecule has 0 atom stereocenters. The fraction of sp³-hybridized carbons (Fsp3) is 0.667. The van der Waals surface area contributed by atoms with Gasteiger partial charge in [0.15, 0.2) is 0 Å². The molecule has 8 heteroatoms. The van der Waals surface area contributed by atoms with Gasteiger partial charge >= 0.3 is 0 Å². The van der Waals surface area contributed by atoms with Gasteiger partial charge in [-0.2, -0.15) is 0 Å². The molecule has 0 spiro atoms. The van der Waals surface area contributed by atoms with Crippen LogP contribution in [0.25, 0.3) is 0 Å². The summed E-state index contributed by atoms with van der Waals surface area (Å²) in [5, 5.41) is 2.82. The highest BCUT2D eigenvalue weighted by molar-refractivity contribution is 7.89. The van der Waals surface area contributed by atoms with E-state index in [2.05, 4.69) is 10.0 Å². The molecule has 1 aromatic heterocycles. The molecule has 0 bridgehead atoms. The lowest BCUT2D eigenvalue weighted by atomic mass is 10.4. The molecule has 1 rings (SSSR count). The SMILES string of the molecule is CNCc1ccc(S(=O)(=O)NCCOCCN(C)C)o1. The van der Waals surface area contributed by atoms with Crippen molar-refractivity contribution in [3.63, 3.8) is 0 Å². The summed E-state index contributed by atoms with van der Waals surface area (Å²) < 4.78 is 36.8. The van der Waals surface area contributed by atoms with Crippen molar-refractivity contribution in [3.05, 3.63) is 17.9 Å². The summed E-state index contributed by atoms with van der Waals surface area (Å²) in [7, 11) is 2.07. The van der Waals surface area contributed by atoms with E-state index < -0.39 is 10.0 Å². The Labute approximate surface area is 120 Å². The van der Waals surface area contributed by atoms with Gasteiger partial charge in [0.25, 0.3) is 10.0 Å². The van der Waals surface area contributed by atoms with Crippen LogP contribution in [0.4, 0.5) is 0 Å². The Kier molecular flexibility index (Phi) is 7.17. The minimum Gasteiger partial charge on any atom is -0.447 e. The molecule has 0 saturated heterocycles. The predicted octanol–water partition coefficient (Wildman–Crippen LogP) is -0.144.